The highest BCUT2D eigenvalue weighted by molar-refractivity contribution is 5.78. The minimum Gasteiger partial charge on any atom is -0.495 e. The third kappa shape index (κ3) is 5.12. The summed E-state index contributed by atoms with van der Waals surface area (Å²) >= 11 is 0. The lowest BCUT2D eigenvalue weighted by Gasteiger charge is -2.37. The number of carbonyl (C=O) groups is 1. The molecule has 1 amide bonds. The van der Waals surface area contributed by atoms with Crippen molar-refractivity contribution in [3.05, 3.63) is 95.9 Å². The van der Waals surface area contributed by atoms with Crippen LogP contribution in [0.2, 0.25) is 0 Å². The van der Waals surface area contributed by atoms with Crippen molar-refractivity contribution in [1.29, 1.82) is 0 Å². The Labute approximate surface area is 212 Å². The number of pyridine rings is 1. The molecule has 2 aromatic heterocycles. The van der Waals surface area contributed by atoms with Gasteiger partial charge in [-0.25, -0.2) is 4.98 Å². The number of fused-ring (bicyclic) bond motifs is 1. The van der Waals surface area contributed by atoms with Gasteiger partial charge in [-0.1, -0.05) is 36.4 Å². The summed E-state index contributed by atoms with van der Waals surface area (Å²) in [5, 5.41) is 0. The maximum Gasteiger partial charge on any atom is 0.416 e. The van der Waals surface area contributed by atoms with Crippen molar-refractivity contribution >= 4 is 17.2 Å². The number of hydrogen-bond acceptors (Lipinski definition) is 4. The van der Waals surface area contributed by atoms with Gasteiger partial charge in [0.05, 0.1) is 24.1 Å². The highest BCUT2D eigenvalue weighted by atomic mass is 19.4. The predicted molar refractivity (Wildman–Crippen MR) is 135 cm³/mol. The number of ether oxygens (including phenoxy) is 1. The molecule has 9 heteroatoms. The van der Waals surface area contributed by atoms with Crippen LogP contribution in [0, 0.1) is 0 Å². The number of halogens is 3. The summed E-state index contributed by atoms with van der Waals surface area (Å²) in [6.45, 7) is 2.30. The second-order valence-electron chi connectivity index (χ2n) is 9.03. The fraction of sp³-hybridized carbons (Fsp3) is 0.286. The van der Waals surface area contributed by atoms with Crippen molar-refractivity contribution in [3.63, 3.8) is 0 Å². The van der Waals surface area contributed by atoms with E-state index in [2.05, 4.69) is 9.88 Å². The molecule has 1 aliphatic heterocycles. The molecule has 5 rings (SSSR count). The third-order valence-electron chi connectivity index (χ3n) is 6.86. The van der Waals surface area contributed by atoms with E-state index in [4.69, 9.17) is 4.74 Å². The monoisotopic (exact) mass is 508 g/mol. The van der Waals surface area contributed by atoms with Gasteiger partial charge in [0, 0.05) is 50.9 Å². The summed E-state index contributed by atoms with van der Waals surface area (Å²) in [6, 6.07) is 18.5. The molecule has 1 unspecified atom stereocenters. The maximum atomic E-state index is 13.5. The van der Waals surface area contributed by atoms with E-state index in [1.54, 1.807) is 24.3 Å². The second-order valence-corrected chi connectivity index (χ2v) is 9.03. The van der Waals surface area contributed by atoms with Gasteiger partial charge in [-0.05, 0) is 35.9 Å². The van der Waals surface area contributed by atoms with Crippen LogP contribution in [-0.4, -0.2) is 53.5 Å². The summed E-state index contributed by atoms with van der Waals surface area (Å²) in [5.41, 5.74) is 2.02. The predicted octanol–water partition coefficient (Wildman–Crippen LogP) is 5.23. The SMILES string of the molecule is COc1ccccc1N1CCN(C(=O)CC(c2cccc(C(F)(F)F)c2)c2cnc3ccccn23)CC1. The molecule has 1 saturated heterocycles. The van der Waals surface area contributed by atoms with E-state index in [0.29, 0.717) is 43.1 Å². The maximum absolute atomic E-state index is 13.5. The van der Waals surface area contributed by atoms with Crippen LogP contribution < -0.4 is 9.64 Å². The van der Waals surface area contributed by atoms with Crippen molar-refractivity contribution in [2.45, 2.75) is 18.5 Å². The van der Waals surface area contributed by atoms with Crippen LogP contribution in [0.3, 0.4) is 0 Å². The standard InChI is InChI=1S/C28H27F3N4O2/c1-37-25-10-3-2-9-23(25)33-13-15-34(16-14-33)27(36)18-22(20-7-6-8-21(17-20)28(29,30)31)24-19-32-26-11-4-5-12-35(24)26/h2-12,17,19,22H,13-16,18H2,1H3. The minimum atomic E-state index is -4.47. The summed E-state index contributed by atoms with van der Waals surface area (Å²) < 4.78 is 47.8. The van der Waals surface area contributed by atoms with Crippen LogP contribution in [0.1, 0.15) is 29.2 Å². The fourth-order valence-corrected chi connectivity index (χ4v) is 4.93. The Morgan fingerprint density at radius 1 is 1.00 bits per heavy atom. The Hall–Kier alpha value is -4.01. The van der Waals surface area contributed by atoms with Gasteiger partial charge in [0.15, 0.2) is 0 Å². The Balaban J connectivity index is 1.39. The number of carbonyl (C=O) groups excluding carboxylic acids is 1. The first kappa shape index (κ1) is 24.7. The quantitative estimate of drug-likeness (QED) is 0.358. The average molecular weight is 509 g/mol. The zero-order valence-corrected chi connectivity index (χ0v) is 20.4. The molecule has 3 heterocycles. The topological polar surface area (TPSA) is 50.1 Å². The number of imidazole rings is 1. The van der Waals surface area contributed by atoms with Crippen molar-refractivity contribution in [1.82, 2.24) is 14.3 Å². The van der Waals surface area contributed by atoms with Crippen LogP contribution >= 0.6 is 0 Å². The van der Waals surface area contributed by atoms with Crippen LogP contribution in [0.4, 0.5) is 18.9 Å². The lowest BCUT2D eigenvalue weighted by molar-refractivity contribution is -0.137. The fourth-order valence-electron chi connectivity index (χ4n) is 4.93. The van der Waals surface area contributed by atoms with Crippen molar-refractivity contribution in [3.8, 4) is 5.75 Å². The zero-order chi connectivity index (χ0) is 26.0. The largest absolute Gasteiger partial charge is 0.495 e. The van der Waals surface area contributed by atoms with Crippen LogP contribution in [0.25, 0.3) is 5.65 Å². The van der Waals surface area contributed by atoms with E-state index in [9.17, 15) is 18.0 Å². The van der Waals surface area contributed by atoms with Gasteiger partial charge in [-0.3, -0.25) is 4.79 Å². The van der Waals surface area contributed by atoms with E-state index in [0.717, 1.165) is 23.6 Å². The van der Waals surface area contributed by atoms with Gasteiger partial charge in [0.25, 0.3) is 0 Å². The first-order chi connectivity index (χ1) is 17.8. The van der Waals surface area contributed by atoms with Crippen LogP contribution in [0.15, 0.2) is 79.1 Å². The minimum absolute atomic E-state index is 0.0403. The van der Waals surface area contributed by atoms with Gasteiger partial charge < -0.3 is 18.9 Å². The molecule has 0 saturated carbocycles. The number of hydrogen-bond donors (Lipinski definition) is 0. The van der Waals surface area contributed by atoms with E-state index < -0.39 is 17.7 Å². The first-order valence-corrected chi connectivity index (χ1v) is 12.1. The number of rotatable bonds is 6. The summed E-state index contributed by atoms with van der Waals surface area (Å²) in [6.07, 6.45) is -0.973. The van der Waals surface area contributed by atoms with Crippen molar-refractivity contribution in [2.75, 3.05) is 38.2 Å². The van der Waals surface area contributed by atoms with Gasteiger partial charge in [0.1, 0.15) is 11.4 Å². The number of nitrogens with zero attached hydrogens (tertiary/aromatic N) is 4. The lowest BCUT2D eigenvalue weighted by Crippen LogP contribution is -2.49. The van der Waals surface area contributed by atoms with Crippen molar-refractivity contribution in [2.24, 2.45) is 0 Å². The second kappa shape index (κ2) is 10.2. The zero-order valence-electron chi connectivity index (χ0n) is 20.4. The molecule has 0 N–H and O–H groups in total. The van der Waals surface area contributed by atoms with Gasteiger partial charge >= 0.3 is 6.18 Å². The number of amides is 1. The first-order valence-electron chi connectivity index (χ1n) is 12.1. The molecule has 6 nitrogen and oxygen atoms in total. The van der Waals surface area contributed by atoms with Crippen LogP contribution in [0.5, 0.6) is 5.75 Å². The molecule has 1 aliphatic rings. The number of benzene rings is 2. The van der Waals surface area contributed by atoms with Gasteiger partial charge in [0.2, 0.25) is 5.91 Å². The van der Waals surface area contributed by atoms with E-state index in [1.165, 1.54) is 6.07 Å². The number of para-hydroxylation sites is 2. The molecule has 0 spiro atoms. The molecule has 0 bridgehead atoms. The van der Waals surface area contributed by atoms with E-state index in [-0.39, 0.29) is 12.3 Å². The molecule has 0 aliphatic carbocycles. The molecule has 1 fully saturated rings. The van der Waals surface area contributed by atoms with E-state index >= 15 is 0 Å². The Morgan fingerprint density at radius 2 is 1.76 bits per heavy atom. The molecule has 192 valence electrons. The number of alkyl halides is 3. The Morgan fingerprint density at radius 3 is 2.51 bits per heavy atom. The highest BCUT2D eigenvalue weighted by Gasteiger charge is 2.33. The number of piperazine rings is 1. The van der Waals surface area contributed by atoms with Crippen molar-refractivity contribution < 1.29 is 22.7 Å². The average Bonchev–Trinajstić information content (AvgIpc) is 3.35. The molecular weight excluding hydrogens is 481 g/mol. The molecule has 0 radical (unpaired) electrons. The highest BCUT2D eigenvalue weighted by Crippen LogP contribution is 2.35. The van der Waals surface area contributed by atoms with E-state index in [1.807, 2.05) is 53.1 Å². The lowest BCUT2D eigenvalue weighted by atomic mass is 9.90. The third-order valence-corrected chi connectivity index (χ3v) is 6.86. The normalized spacial score (nSPS) is 15.1. The number of anilines is 1. The molecule has 1 atom stereocenters. The molecule has 4 aromatic rings. The molecule has 37 heavy (non-hydrogen) atoms. The summed E-state index contributed by atoms with van der Waals surface area (Å²) in [7, 11) is 1.63. The Bertz CT molecular complexity index is 1390. The Kier molecular flexibility index (Phi) is 6.78. The van der Waals surface area contributed by atoms with Gasteiger partial charge in [-0.15, -0.1) is 0 Å². The summed E-state index contributed by atoms with van der Waals surface area (Å²) in [4.78, 5) is 21.9. The van der Waals surface area contributed by atoms with Crippen LogP contribution in [-0.2, 0) is 11.0 Å². The summed E-state index contributed by atoms with van der Waals surface area (Å²) in [5.74, 6) is 0.0897. The molecular formula is C28H27F3N4O2. The van der Waals surface area contributed by atoms with Gasteiger partial charge in [-0.2, -0.15) is 13.2 Å². The number of aromatic nitrogens is 2. The smallest absolute Gasteiger partial charge is 0.416 e. The number of methoxy groups -OCH3 is 1. The molecule has 2 aromatic carbocycles.